The molecule has 3 aromatic heterocycles. The van der Waals surface area contributed by atoms with Crippen LogP contribution >= 0.6 is 35.0 Å². The highest BCUT2D eigenvalue weighted by Crippen LogP contribution is 2.49. The largest absolute Gasteiger partial charge is 0.458 e. The van der Waals surface area contributed by atoms with E-state index in [1.807, 2.05) is 39.8 Å². The lowest BCUT2D eigenvalue weighted by atomic mass is 9.70. The Bertz CT molecular complexity index is 2320. The van der Waals surface area contributed by atoms with Crippen LogP contribution in [-0.4, -0.2) is 151 Å². The predicted molar refractivity (Wildman–Crippen MR) is 263 cm³/mol. The average Bonchev–Trinajstić information content (AvgIpc) is 3.85. The lowest BCUT2D eigenvalue weighted by Gasteiger charge is -2.48. The number of likely N-dealkylation sites (N-methyl/N-ethyl adjacent to an activating group) is 1. The second-order valence-corrected chi connectivity index (χ2v) is 21.5. The van der Waals surface area contributed by atoms with Gasteiger partial charge in [-0.15, -0.1) is 11.8 Å². The third-order valence-electron chi connectivity index (χ3n) is 14.5. The highest BCUT2D eigenvalue weighted by atomic mass is 35.5. The van der Waals surface area contributed by atoms with Gasteiger partial charge in [0.25, 0.3) is 5.91 Å². The molecule has 15 atom stereocenters. The van der Waals surface area contributed by atoms with E-state index in [9.17, 15) is 29.4 Å². The zero-order valence-electron chi connectivity index (χ0n) is 41.5. The maximum Gasteiger partial charge on any atom is 0.320 e. The van der Waals surface area contributed by atoms with Crippen LogP contribution in [0.2, 0.25) is 10.0 Å². The molecule has 21 heteroatoms. The number of aliphatic hydroxyl groups excluding tert-OH is 2. The first-order valence-electron chi connectivity index (χ1n) is 23.7. The summed E-state index contributed by atoms with van der Waals surface area (Å²) in [5.74, 6) is -5.85. The van der Waals surface area contributed by atoms with Gasteiger partial charge in [-0.25, -0.2) is 9.67 Å². The molecule has 0 bridgehead atoms. The van der Waals surface area contributed by atoms with Crippen molar-refractivity contribution < 1.29 is 53.1 Å². The van der Waals surface area contributed by atoms with Gasteiger partial charge in [0.15, 0.2) is 17.5 Å². The summed E-state index contributed by atoms with van der Waals surface area (Å²) in [7, 11) is 5.24. The Morgan fingerprint density at radius 1 is 0.986 bits per heavy atom. The number of aliphatic hydroxyl groups is 2. The number of carbonyl (C=O) groups is 4. The highest BCUT2D eigenvalue weighted by Gasteiger charge is 2.61. The Hall–Kier alpha value is -3.66. The third-order valence-corrected chi connectivity index (χ3v) is 16.4. The Labute approximate surface area is 418 Å². The van der Waals surface area contributed by atoms with E-state index in [1.54, 1.807) is 52.4 Å². The van der Waals surface area contributed by atoms with E-state index in [-0.39, 0.29) is 58.6 Å². The van der Waals surface area contributed by atoms with Gasteiger partial charge in [0, 0.05) is 74.3 Å². The molecule has 1 amide bonds. The Morgan fingerprint density at radius 2 is 1.67 bits per heavy atom. The zero-order valence-corrected chi connectivity index (χ0v) is 43.9. The second kappa shape index (κ2) is 22.4. The first kappa shape index (κ1) is 54.7. The van der Waals surface area contributed by atoms with Crippen molar-refractivity contribution >= 4 is 81.0 Å². The van der Waals surface area contributed by atoms with E-state index in [2.05, 4.69) is 25.7 Å². The fourth-order valence-corrected chi connectivity index (χ4v) is 12.4. The van der Waals surface area contributed by atoms with Gasteiger partial charge in [0.2, 0.25) is 0 Å². The summed E-state index contributed by atoms with van der Waals surface area (Å²) in [6.45, 7) is 16.8. The molecule has 0 radical (unpaired) electrons. The molecule has 3 aliphatic heterocycles. The van der Waals surface area contributed by atoms with Crippen LogP contribution in [0.3, 0.4) is 0 Å². The van der Waals surface area contributed by atoms with Crippen LogP contribution < -0.4 is 10.6 Å². The standard InChI is InChI=1S/C48H69Cl2N7O11S/c1-13-33-48(9)34(40(45(63)68-48)69-16-15-52-35-28-20-54-57(14-2)42(28)53-19-29(35)43(61)55-36-30(49)21-51-22-31(36)50)25(5)37(58)23(3)18-47(8,64-12)41(26(6)38(59)27(7)44(62)66-33)67-46-39(60)32(56(10)11)17-24(4)65-46/h19-27,32-34,38-41,46,59-60H,13-18H2,1-12H3,(H,52,53)(H,51,55,61)/t23-,24-,25-,26+,27-,32?,33-,34?,38+,39-,40+,41-,46+,47?,48-/m1/s1. The molecule has 3 aliphatic rings. The van der Waals surface area contributed by atoms with Crippen molar-refractivity contribution in [1.29, 1.82) is 0 Å². The lowest BCUT2D eigenvalue weighted by molar-refractivity contribution is -0.301. The summed E-state index contributed by atoms with van der Waals surface area (Å²) in [5.41, 5.74) is -1.35. The van der Waals surface area contributed by atoms with Crippen molar-refractivity contribution in [2.24, 2.45) is 29.6 Å². The van der Waals surface area contributed by atoms with Gasteiger partial charge in [0.1, 0.15) is 23.2 Å². The van der Waals surface area contributed by atoms with E-state index >= 15 is 0 Å². The first-order chi connectivity index (χ1) is 32.5. The number of pyridine rings is 2. The maximum absolute atomic E-state index is 15.0. The Balaban J connectivity index is 1.30. The number of carbonyl (C=O) groups excluding carboxylic acids is 4. The molecule has 6 rings (SSSR count). The van der Waals surface area contributed by atoms with Crippen LogP contribution in [0.15, 0.2) is 24.8 Å². The number of methoxy groups -OCH3 is 1. The second-order valence-electron chi connectivity index (χ2n) is 19.4. The monoisotopic (exact) mass is 1020 g/mol. The van der Waals surface area contributed by atoms with Crippen LogP contribution in [-0.2, 0) is 44.6 Å². The molecule has 3 saturated heterocycles. The molecular weight excluding hydrogens is 954 g/mol. The molecule has 3 aromatic rings. The van der Waals surface area contributed by atoms with E-state index in [1.165, 1.54) is 37.5 Å². The molecule has 3 fully saturated rings. The van der Waals surface area contributed by atoms with Crippen molar-refractivity contribution in [1.82, 2.24) is 24.6 Å². The number of hydrogen-bond donors (Lipinski definition) is 4. The van der Waals surface area contributed by atoms with Gasteiger partial charge in [-0.1, -0.05) is 50.9 Å². The number of aromatic nitrogens is 4. The van der Waals surface area contributed by atoms with E-state index in [0.717, 1.165) is 0 Å². The topological polar surface area (TPSA) is 226 Å². The van der Waals surface area contributed by atoms with Crippen LogP contribution in [0.25, 0.3) is 11.0 Å². The predicted octanol–water partition coefficient (Wildman–Crippen LogP) is 6.27. The number of ketones is 1. The van der Waals surface area contributed by atoms with Crippen LogP contribution in [0.4, 0.5) is 11.4 Å². The Morgan fingerprint density at radius 3 is 2.29 bits per heavy atom. The number of nitrogens with zero attached hydrogens (tertiary/aromatic N) is 5. The van der Waals surface area contributed by atoms with Gasteiger partial charge >= 0.3 is 11.9 Å². The molecule has 0 saturated carbocycles. The fraction of sp³-hybridized carbons (Fsp3) is 0.688. The summed E-state index contributed by atoms with van der Waals surface area (Å²) in [5, 5.41) is 34.2. The number of aryl methyl sites for hydroxylation is 1. The number of thioether (sulfide) groups is 1. The number of nitrogens with one attached hydrogen (secondary N) is 2. The number of ether oxygens (including phenoxy) is 5. The molecule has 18 nitrogen and oxygen atoms in total. The van der Waals surface area contributed by atoms with E-state index < -0.39 is 94.6 Å². The van der Waals surface area contributed by atoms with Crippen molar-refractivity contribution in [3.63, 3.8) is 0 Å². The number of amides is 1. The minimum atomic E-state index is -1.45. The number of Topliss-reactive ketones (excluding diaryl/α,β-unsaturated/α-hetero) is 1. The summed E-state index contributed by atoms with van der Waals surface area (Å²) >= 11 is 14.0. The minimum absolute atomic E-state index is 0.115. The quantitative estimate of drug-likeness (QED) is 0.109. The number of hydrogen-bond acceptors (Lipinski definition) is 17. The number of fused-ring (bicyclic) bond motifs is 2. The normalized spacial score (nSPS) is 34.8. The van der Waals surface area contributed by atoms with E-state index in [4.69, 9.17) is 46.9 Å². The smallest absolute Gasteiger partial charge is 0.320 e. The van der Waals surface area contributed by atoms with E-state index in [0.29, 0.717) is 35.4 Å². The zero-order chi connectivity index (χ0) is 50.9. The minimum Gasteiger partial charge on any atom is -0.458 e. The summed E-state index contributed by atoms with van der Waals surface area (Å²) in [6.07, 6.45) is 0.931. The van der Waals surface area contributed by atoms with Crippen molar-refractivity contribution in [3.8, 4) is 0 Å². The summed E-state index contributed by atoms with van der Waals surface area (Å²) in [4.78, 5) is 67.7. The SMILES string of the molecule is CC[C@H]1OC(=O)[C@H](C)[C@@H](O)[C@H](C)[C@@H](O[C@@H]2O[C@H](C)CC(N(C)C)[C@H]2O)C(C)(OC)C[C@@H](C)C(=O)[C@H](C)C2[C@H](SCCNc3c(C(=O)Nc4c(Cl)cncc4Cl)cnc4c3cnn4CC)C(=O)O[C@@]21C. The number of cyclic esters (lactones) is 1. The summed E-state index contributed by atoms with van der Waals surface area (Å²) < 4.78 is 33.4. The fourth-order valence-electron chi connectivity index (χ4n) is 10.6. The number of halogens is 2. The summed E-state index contributed by atoms with van der Waals surface area (Å²) in [6, 6.07) is -0.292. The van der Waals surface area contributed by atoms with Gasteiger partial charge < -0.3 is 49.4 Å². The van der Waals surface area contributed by atoms with Gasteiger partial charge in [-0.05, 0) is 68.0 Å². The van der Waals surface area contributed by atoms with Crippen LogP contribution in [0.5, 0.6) is 0 Å². The van der Waals surface area contributed by atoms with Crippen molar-refractivity contribution in [3.05, 3.63) is 40.4 Å². The Kier molecular flexibility index (Phi) is 17.8. The molecule has 0 aliphatic carbocycles. The van der Waals surface area contributed by atoms with Crippen molar-refractivity contribution in [2.45, 2.75) is 147 Å². The van der Waals surface area contributed by atoms with Crippen LogP contribution in [0, 0.1) is 29.6 Å². The van der Waals surface area contributed by atoms with Gasteiger partial charge in [-0.2, -0.15) is 5.10 Å². The first-order valence-corrected chi connectivity index (χ1v) is 25.5. The molecule has 69 heavy (non-hydrogen) atoms. The number of rotatable bonds is 13. The van der Waals surface area contributed by atoms with Crippen LogP contribution in [0.1, 0.15) is 91.9 Å². The number of esters is 2. The number of anilines is 2. The highest BCUT2D eigenvalue weighted by molar-refractivity contribution is 8.00. The van der Waals surface area contributed by atoms with Gasteiger partial charge in [0.05, 0.1) is 68.4 Å². The molecule has 4 N–H and O–H groups in total. The molecular formula is C48H69Cl2N7O11S. The molecule has 3 unspecified atom stereocenters. The molecule has 382 valence electrons. The molecule has 0 spiro atoms. The average molecular weight is 1020 g/mol. The molecule has 0 aromatic carbocycles. The third kappa shape index (κ3) is 11.1. The van der Waals surface area contributed by atoms with Gasteiger partial charge in [-0.3, -0.25) is 24.2 Å². The molecule has 6 heterocycles. The maximum atomic E-state index is 15.0. The lowest BCUT2D eigenvalue weighted by Crippen LogP contribution is -2.60. The van der Waals surface area contributed by atoms with Crippen molar-refractivity contribution in [2.75, 3.05) is 44.1 Å².